The fraction of sp³-hybridized carbons (Fsp3) is 0.400. The van der Waals surface area contributed by atoms with E-state index in [1.165, 1.54) is 0 Å². The minimum absolute atomic E-state index is 0. The summed E-state index contributed by atoms with van der Waals surface area (Å²) in [5.41, 5.74) is 4.87. The molecule has 0 rings (SSSR count). The topological polar surface area (TPSA) is 48.3 Å². The molecule has 0 amide bonds. The second-order valence-corrected chi connectivity index (χ2v) is 1.34. The average Bonchev–Trinajstić information content (AvgIpc) is 1.68. The van der Waals surface area contributed by atoms with E-state index in [0.717, 1.165) is 6.21 Å². The molecule has 0 fully saturated rings. The van der Waals surface area contributed by atoms with E-state index in [0.29, 0.717) is 0 Å². The maximum atomic E-state index is 8.21. The van der Waals surface area contributed by atoms with Gasteiger partial charge < -0.3 is 17.3 Å². The zero-order valence-corrected chi connectivity index (χ0v) is 8.92. The van der Waals surface area contributed by atoms with Crippen molar-refractivity contribution in [3.63, 3.8) is 0 Å². The number of hydrogen-bond donors (Lipinski definition) is 1. The monoisotopic (exact) mass is 334 g/mol. The van der Waals surface area contributed by atoms with Crippen molar-refractivity contribution in [3.8, 4) is 0 Å². The van der Waals surface area contributed by atoms with E-state index < -0.39 is 0 Å². The molecule has 2 N–H and O–H groups in total. The summed E-state index contributed by atoms with van der Waals surface area (Å²) >= 11 is 0. The summed E-state index contributed by atoms with van der Waals surface area (Å²) in [6, 6.07) is 0. The van der Waals surface area contributed by atoms with Crippen LogP contribution in [0.2, 0.25) is 0 Å². The average molecular weight is 334 g/mol. The van der Waals surface area contributed by atoms with Crippen LogP contribution in [0.4, 0.5) is 0 Å². The van der Waals surface area contributed by atoms with Gasteiger partial charge in [0.05, 0.1) is 0 Å². The van der Waals surface area contributed by atoms with Crippen LogP contribution in [0.1, 0.15) is 6.92 Å². The van der Waals surface area contributed by atoms with E-state index in [1.807, 2.05) is 0 Å². The van der Waals surface area contributed by atoms with E-state index in [-0.39, 0.29) is 37.0 Å². The molecule has 0 aromatic carbocycles. The van der Waals surface area contributed by atoms with Gasteiger partial charge in [0.2, 0.25) is 0 Å². The second-order valence-electron chi connectivity index (χ2n) is 1.34. The minimum atomic E-state index is 0. The summed E-state index contributed by atoms with van der Waals surface area (Å²) in [4.78, 5) is 0. The molecule has 0 saturated heterocycles. The Morgan fingerprint density at radius 2 is 2.25 bits per heavy atom. The molecule has 0 aromatic heterocycles. The normalized spacial score (nSPS) is 12.6. The van der Waals surface area contributed by atoms with Gasteiger partial charge in [0, 0.05) is 0 Å². The number of hydrogen-bond acceptors (Lipinski definition) is 1. The van der Waals surface area contributed by atoms with Crippen molar-refractivity contribution in [2.45, 2.75) is 6.92 Å². The molecule has 0 spiro atoms. The van der Waals surface area contributed by atoms with Crippen LogP contribution in [-0.2, 0) is 0 Å². The van der Waals surface area contributed by atoms with Crippen LogP contribution in [0.15, 0.2) is 6.08 Å². The largest absolute Gasteiger partial charge is 2.00 e. The molecule has 3 heteroatoms. The van der Waals surface area contributed by atoms with Gasteiger partial charge in [0.15, 0.2) is 0 Å². The Balaban J connectivity index is 0. The van der Waals surface area contributed by atoms with E-state index in [2.05, 4.69) is 6.20 Å². The Morgan fingerprint density at radius 3 is 2.38 bits per heavy atom. The van der Waals surface area contributed by atoms with Crippen LogP contribution in [0.5, 0.6) is 0 Å². The first kappa shape index (κ1) is 11.1. The molecule has 0 unspecified atom stereocenters. The number of nitrogens with two attached hydrogens (primary N) is 1. The van der Waals surface area contributed by atoms with Crippen molar-refractivity contribution in [3.05, 3.63) is 17.7 Å². The zero-order valence-electron chi connectivity index (χ0n) is 4.76. The molecule has 42 valence electrons. The van der Waals surface area contributed by atoms with Gasteiger partial charge in [0.25, 0.3) is 0 Å². The summed E-state index contributed by atoms with van der Waals surface area (Å²) in [5.74, 6) is 0.0185. The van der Waals surface area contributed by atoms with Crippen molar-refractivity contribution in [2.24, 2.45) is 11.7 Å². The zero-order chi connectivity index (χ0) is 5.70. The number of nitrogens with zero attached hydrogens (tertiary/aromatic N) is 1. The molecule has 0 saturated carbocycles. The van der Waals surface area contributed by atoms with Crippen molar-refractivity contribution in [1.82, 2.24) is 0 Å². The van der Waals surface area contributed by atoms with E-state index in [4.69, 9.17) is 11.1 Å². The Hall–Kier alpha value is 0.262. The third-order valence-electron chi connectivity index (χ3n) is 0.594. The van der Waals surface area contributed by atoms with Gasteiger partial charge in [-0.25, -0.2) is 12.3 Å². The number of allylic oxidation sites excluding steroid dienone is 1. The SMILES string of the molecule is C[C@H](C=[N-])C=[C-]N.[U+2]. The van der Waals surface area contributed by atoms with E-state index >= 15 is 0 Å². The smallest absolute Gasteiger partial charge is 0.814 e. The van der Waals surface area contributed by atoms with Crippen molar-refractivity contribution in [1.29, 1.82) is 0 Å². The van der Waals surface area contributed by atoms with Gasteiger partial charge in [-0.05, 0) is 0 Å². The molecular weight excluding hydrogens is 326 g/mol. The molecule has 2 nitrogen and oxygen atoms in total. The summed E-state index contributed by atoms with van der Waals surface area (Å²) < 4.78 is 0. The van der Waals surface area contributed by atoms with Crippen LogP contribution in [0.3, 0.4) is 0 Å². The van der Waals surface area contributed by atoms with Crippen LogP contribution < -0.4 is 5.73 Å². The first-order valence-electron chi connectivity index (χ1n) is 2.08. The predicted octanol–water partition coefficient (Wildman–Crippen LogP) is 0.538. The summed E-state index contributed by atoms with van der Waals surface area (Å²) in [5, 5.41) is 8.21. The second kappa shape index (κ2) is 7.26. The minimum Gasteiger partial charge on any atom is -0.814 e. The molecule has 0 aliphatic heterocycles. The van der Waals surface area contributed by atoms with Gasteiger partial charge in [-0.1, -0.05) is 12.8 Å². The Labute approximate surface area is 73.4 Å². The summed E-state index contributed by atoms with van der Waals surface area (Å²) in [7, 11) is 0. The Kier molecular flexibility index (Phi) is 10.1. The standard InChI is InChI=1S/C5H8N2.U/c1-5(4-7)2-3-6;/h2,4-5H,6H2,1H3;/q-2;+2/t5-;/m0./s1. The third-order valence-corrected chi connectivity index (χ3v) is 0.594. The fourth-order valence-electron chi connectivity index (χ4n) is 0.195. The molecule has 0 aromatic rings. The number of rotatable bonds is 2. The van der Waals surface area contributed by atoms with E-state index in [1.54, 1.807) is 13.0 Å². The van der Waals surface area contributed by atoms with Crippen LogP contribution >= 0.6 is 0 Å². The molecule has 0 bridgehead atoms. The van der Waals surface area contributed by atoms with E-state index in [9.17, 15) is 0 Å². The van der Waals surface area contributed by atoms with Gasteiger partial charge in [-0.3, -0.25) is 0 Å². The Morgan fingerprint density at radius 1 is 1.75 bits per heavy atom. The molecule has 0 aliphatic carbocycles. The maximum absolute atomic E-state index is 8.21. The molecule has 0 aliphatic rings. The third kappa shape index (κ3) is 6.26. The van der Waals surface area contributed by atoms with Gasteiger partial charge in [0.1, 0.15) is 0 Å². The van der Waals surface area contributed by atoms with Gasteiger partial charge in [-0.2, -0.15) is 0 Å². The van der Waals surface area contributed by atoms with Crippen LogP contribution in [-0.4, -0.2) is 6.21 Å². The molecule has 1 atom stereocenters. The summed E-state index contributed by atoms with van der Waals surface area (Å²) in [6.45, 7) is 1.81. The first-order chi connectivity index (χ1) is 3.31. The summed E-state index contributed by atoms with van der Waals surface area (Å²) in [6.07, 6.45) is 4.93. The van der Waals surface area contributed by atoms with Crippen molar-refractivity contribution < 1.29 is 31.1 Å². The van der Waals surface area contributed by atoms with Crippen molar-refractivity contribution in [2.75, 3.05) is 0 Å². The Bertz CT molecular complexity index is 80.5. The molecule has 8 heavy (non-hydrogen) atoms. The van der Waals surface area contributed by atoms with Gasteiger partial charge in [-0.15, -0.1) is 0 Å². The predicted molar refractivity (Wildman–Crippen MR) is 30.6 cm³/mol. The fourth-order valence-corrected chi connectivity index (χ4v) is 0.195. The quantitative estimate of drug-likeness (QED) is 0.447. The first-order valence-corrected chi connectivity index (χ1v) is 2.08. The molecule has 0 radical (unpaired) electrons. The van der Waals surface area contributed by atoms with Gasteiger partial charge >= 0.3 is 31.1 Å². The van der Waals surface area contributed by atoms with Crippen LogP contribution in [0.25, 0.3) is 5.41 Å². The van der Waals surface area contributed by atoms with Crippen molar-refractivity contribution >= 4 is 6.21 Å². The van der Waals surface area contributed by atoms with Crippen LogP contribution in [0, 0.1) is 43.2 Å². The maximum Gasteiger partial charge on any atom is 2.00 e. The molecular formula is C5H8N2U. The molecule has 0 heterocycles.